The molecular weight excluding hydrogens is 218 g/mol. The van der Waals surface area contributed by atoms with Crippen molar-refractivity contribution in [3.8, 4) is 5.75 Å². The van der Waals surface area contributed by atoms with Crippen LogP contribution in [0.4, 0.5) is 5.69 Å². The fourth-order valence-corrected chi connectivity index (χ4v) is 2.68. The summed E-state index contributed by atoms with van der Waals surface area (Å²) < 4.78 is 6.05. The Bertz CT molecular complexity index is 493. The second-order valence-electron chi connectivity index (χ2n) is 4.00. The van der Waals surface area contributed by atoms with E-state index in [0.717, 1.165) is 18.0 Å². The Morgan fingerprint density at radius 1 is 1.38 bits per heavy atom. The molecule has 0 saturated carbocycles. The maximum absolute atomic E-state index is 6.05. The first kappa shape index (κ1) is 9.73. The third-order valence-electron chi connectivity index (χ3n) is 2.86. The Morgan fingerprint density at radius 2 is 2.31 bits per heavy atom. The van der Waals surface area contributed by atoms with Gasteiger partial charge in [-0.05, 0) is 35.4 Å². The van der Waals surface area contributed by atoms with Crippen LogP contribution >= 0.6 is 11.3 Å². The SMILES string of the molecule is Cc1cccc2c1OC(c1ccsc1)CN2. The molecule has 1 atom stereocenters. The van der Waals surface area contributed by atoms with E-state index in [1.807, 2.05) is 0 Å². The molecule has 1 N–H and O–H groups in total. The highest BCUT2D eigenvalue weighted by atomic mass is 32.1. The van der Waals surface area contributed by atoms with Crippen molar-refractivity contribution < 1.29 is 4.74 Å². The van der Waals surface area contributed by atoms with E-state index >= 15 is 0 Å². The van der Waals surface area contributed by atoms with Crippen molar-refractivity contribution in [3.05, 3.63) is 46.2 Å². The molecule has 2 aromatic rings. The molecule has 0 fully saturated rings. The van der Waals surface area contributed by atoms with E-state index < -0.39 is 0 Å². The number of para-hydroxylation sites is 1. The van der Waals surface area contributed by atoms with Gasteiger partial charge in [-0.3, -0.25) is 0 Å². The fourth-order valence-electron chi connectivity index (χ4n) is 1.98. The first-order chi connectivity index (χ1) is 7.84. The van der Waals surface area contributed by atoms with Gasteiger partial charge in [0.2, 0.25) is 0 Å². The van der Waals surface area contributed by atoms with Gasteiger partial charge in [0.1, 0.15) is 11.9 Å². The van der Waals surface area contributed by atoms with Gasteiger partial charge >= 0.3 is 0 Å². The van der Waals surface area contributed by atoms with Crippen molar-refractivity contribution >= 4 is 17.0 Å². The minimum absolute atomic E-state index is 0.139. The lowest BCUT2D eigenvalue weighted by atomic mass is 10.1. The number of fused-ring (bicyclic) bond motifs is 1. The monoisotopic (exact) mass is 231 g/mol. The Balaban J connectivity index is 1.94. The summed E-state index contributed by atoms with van der Waals surface area (Å²) in [5.74, 6) is 0.991. The lowest BCUT2D eigenvalue weighted by molar-refractivity contribution is 0.209. The summed E-state index contributed by atoms with van der Waals surface area (Å²) >= 11 is 1.71. The van der Waals surface area contributed by atoms with Gasteiger partial charge in [-0.25, -0.2) is 0 Å². The molecule has 82 valence electrons. The predicted molar refractivity (Wildman–Crippen MR) is 67.4 cm³/mol. The Morgan fingerprint density at radius 3 is 3.12 bits per heavy atom. The minimum atomic E-state index is 0.139. The van der Waals surface area contributed by atoms with E-state index in [9.17, 15) is 0 Å². The number of anilines is 1. The Labute approximate surface area is 98.9 Å². The number of benzene rings is 1. The highest BCUT2D eigenvalue weighted by Gasteiger charge is 2.21. The first-order valence-electron chi connectivity index (χ1n) is 5.37. The molecular formula is C13H13NOS. The largest absolute Gasteiger partial charge is 0.481 e. The Hall–Kier alpha value is -1.48. The van der Waals surface area contributed by atoms with Crippen LogP contribution < -0.4 is 10.1 Å². The van der Waals surface area contributed by atoms with Crippen LogP contribution in [0.15, 0.2) is 35.0 Å². The van der Waals surface area contributed by atoms with Crippen LogP contribution in [0.5, 0.6) is 5.75 Å². The van der Waals surface area contributed by atoms with E-state index in [2.05, 4.69) is 47.3 Å². The number of aryl methyl sites for hydroxylation is 1. The molecule has 0 spiro atoms. The van der Waals surface area contributed by atoms with Gasteiger partial charge in [0.05, 0.1) is 12.2 Å². The molecule has 0 amide bonds. The van der Waals surface area contributed by atoms with Crippen LogP contribution in [0, 0.1) is 6.92 Å². The number of rotatable bonds is 1. The maximum atomic E-state index is 6.05. The van der Waals surface area contributed by atoms with Gasteiger partial charge in [-0.2, -0.15) is 11.3 Å². The molecule has 3 rings (SSSR count). The topological polar surface area (TPSA) is 21.3 Å². The minimum Gasteiger partial charge on any atom is -0.481 e. The molecule has 1 unspecified atom stereocenters. The van der Waals surface area contributed by atoms with Crippen LogP contribution in [0.1, 0.15) is 17.2 Å². The van der Waals surface area contributed by atoms with Crippen molar-refractivity contribution in [2.45, 2.75) is 13.0 Å². The predicted octanol–water partition coefficient (Wildman–Crippen LogP) is 3.60. The third-order valence-corrected chi connectivity index (χ3v) is 3.57. The average Bonchev–Trinajstić information content (AvgIpc) is 2.83. The number of ether oxygens (including phenoxy) is 1. The van der Waals surface area contributed by atoms with Gasteiger partial charge in [0.15, 0.2) is 0 Å². The molecule has 0 radical (unpaired) electrons. The van der Waals surface area contributed by atoms with Crippen LogP contribution in [-0.2, 0) is 0 Å². The van der Waals surface area contributed by atoms with Crippen molar-refractivity contribution in [3.63, 3.8) is 0 Å². The summed E-state index contributed by atoms with van der Waals surface area (Å²) in [4.78, 5) is 0. The van der Waals surface area contributed by atoms with Crippen molar-refractivity contribution in [2.24, 2.45) is 0 Å². The number of hydrogen-bond donors (Lipinski definition) is 1. The van der Waals surface area contributed by atoms with Crippen LogP contribution in [0.3, 0.4) is 0 Å². The van der Waals surface area contributed by atoms with Crippen LogP contribution in [0.25, 0.3) is 0 Å². The molecule has 1 aliphatic heterocycles. The Kier molecular flexibility index (Phi) is 2.33. The van der Waals surface area contributed by atoms with Gasteiger partial charge in [-0.15, -0.1) is 0 Å². The van der Waals surface area contributed by atoms with Crippen molar-refractivity contribution in [2.75, 3.05) is 11.9 Å². The molecule has 0 saturated heterocycles. The average molecular weight is 231 g/mol. The van der Waals surface area contributed by atoms with Crippen LogP contribution in [-0.4, -0.2) is 6.54 Å². The zero-order chi connectivity index (χ0) is 11.0. The summed E-state index contributed by atoms with van der Waals surface area (Å²) in [6.45, 7) is 2.92. The third kappa shape index (κ3) is 1.57. The second-order valence-corrected chi connectivity index (χ2v) is 4.78. The summed E-state index contributed by atoms with van der Waals surface area (Å²) in [5.41, 5.74) is 3.54. The molecule has 0 bridgehead atoms. The van der Waals surface area contributed by atoms with E-state index in [4.69, 9.17) is 4.74 Å². The summed E-state index contributed by atoms with van der Waals surface area (Å²) in [6.07, 6.45) is 0.139. The van der Waals surface area contributed by atoms with Gasteiger partial charge < -0.3 is 10.1 Å². The van der Waals surface area contributed by atoms with Crippen molar-refractivity contribution in [1.29, 1.82) is 0 Å². The zero-order valence-electron chi connectivity index (χ0n) is 9.07. The summed E-state index contributed by atoms with van der Waals surface area (Å²) in [6, 6.07) is 8.32. The molecule has 1 aromatic heterocycles. The summed E-state index contributed by atoms with van der Waals surface area (Å²) in [5, 5.41) is 7.66. The second kappa shape index (κ2) is 3.83. The normalized spacial score (nSPS) is 18.4. The van der Waals surface area contributed by atoms with Gasteiger partial charge in [0.25, 0.3) is 0 Å². The van der Waals surface area contributed by atoms with Crippen LogP contribution in [0.2, 0.25) is 0 Å². The molecule has 1 aromatic carbocycles. The highest BCUT2D eigenvalue weighted by Crippen LogP contribution is 2.36. The summed E-state index contributed by atoms with van der Waals surface area (Å²) in [7, 11) is 0. The quantitative estimate of drug-likeness (QED) is 0.809. The highest BCUT2D eigenvalue weighted by molar-refractivity contribution is 7.07. The van der Waals surface area contributed by atoms with Gasteiger partial charge in [-0.1, -0.05) is 12.1 Å². The molecule has 3 heteroatoms. The smallest absolute Gasteiger partial charge is 0.146 e. The molecule has 16 heavy (non-hydrogen) atoms. The standard InChI is InChI=1S/C13H13NOS/c1-9-3-2-4-11-13(9)15-12(7-14-11)10-5-6-16-8-10/h2-6,8,12,14H,7H2,1H3. The van der Waals surface area contributed by atoms with E-state index in [-0.39, 0.29) is 6.10 Å². The number of hydrogen-bond acceptors (Lipinski definition) is 3. The molecule has 1 aliphatic rings. The molecule has 2 nitrogen and oxygen atoms in total. The van der Waals surface area contributed by atoms with Gasteiger partial charge in [0, 0.05) is 5.56 Å². The maximum Gasteiger partial charge on any atom is 0.146 e. The fraction of sp³-hybridized carbons (Fsp3) is 0.231. The van der Waals surface area contributed by atoms with E-state index in [1.54, 1.807) is 11.3 Å². The van der Waals surface area contributed by atoms with E-state index in [0.29, 0.717) is 0 Å². The molecule has 0 aliphatic carbocycles. The zero-order valence-corrected chi connectivity index (χ0v) is 9.88. The van der Waals surface area contributed by atoms with Crippen molar-refractivity contribution in [1.82, 2.24) is 0 Å². The first-order valence-corrected chi connectivity index (χ1v) is 6.31. The number of thiophene rings is 1. The lowest BCUT2D eigenvalue weighted by Crippen LogP contribution is -2.23. The van der Waals surface area contributed by atoms with E-state index in [1.165, 1.54) is 11.1 Å². The number of nitrogens with one attached hydrogen (secondary N) is 1. The lowest BCUT2D eigenvalue weighted by Gasteiger charge is -2.28. The molecule has 2 heterocycles.